The minimum atomic E-state index is -0.0302. The van der Waals surface area contributed by atoms with Crippen LogP contribution in [0.2, 0.25) is 0 Å². The van der Waals surface area contributed by atoms with Crippen molar-refractivity contribution in [2.24, 2.45) is 11.8 Å². The van der Waals surface area contributed by atoms with Crippen molar-refractivity contribution >= 4 is 21.8 Å². The molecule has 1 nitrogen and oxygen atoms in total. The summed E-state index contributed by atoms with van der Waals surface area (Å²) in [7, 11) is 0. The number of aromatic nitrogens is 1. The van der Waals surface area contributed by atoms with E-state index in [-0.39, 0.29) is 10.8 Å². The number of rotatable bonds is 1. The SMILES string of the molecule is CC1(C)c2ccccc2-c2ccc3c(c21)c1c2c(ccc1n3C1CC3CC[C@@H]3C1)-c1ccccc1C2(C)C. The summed E-state index contributed by atoms with van der Waals surface area (Å²) in [4.78, 5) is 0. The molecule has 2 unspecified atom stereocenters. The predicted molar refractivity (Wildman–Crippen MR) is 159 cm³/mol. The highest BCUT2D eigenvalue weighted by atomic mass is 15.0. The van der Waals surface area contributed by atoms with E-state index in [0.717, 1.165) is 11.8 Å². The molecule has 4 aliphatic rings. The summed E-state index contributed by atoms with van der Waals surface area (Å²) in [5, 5.41) is 3.05. The summed E-state index contributed by atoms with van der Waals surface area (Å²) in [6.07, 6.45) is 5.58. The quantitative estimate of drug-likeness (QED) is 0.219. The fourth-order valence-electron chi connectivity index (χ4n) is 9.42. The lowest BCUT2D eigenvalue weighted by Gasteiger charge is -2.29. The normalized spacial score (nSPS) is 25.1. The Morgan fingerprint density at radius 1 is 0.553 bits per heavy atom. The molecular formula is C37H35N. The number of fused-ring (bicyclic) bond motifs is 12. The van der Waals surface area contributed by atoms with E-state index < -0.39 is 0 Å². The topological polar surface area (TPSA) is 4.93 Å². The van der Waals surface area contributed by atoms with Gasteiger partial charge in [0.15, 0.2) is 0 Å². The Morgan fingerprint density at radius 2 is 1.00 bits per heavy atom. The van der Waals surface area contributed by atoms with Gasteiger partial charge in [0, 0.05) is 38.7 Å². The average Bonchev–Trinajstić information content (AvgIpc) is 3.54. The molecule has 0 bridgehead atoms. The maximum Gasteiger partial charge on any atom is 0.0497 e. The van der Waals surface area contributed by atoms with Crippen molar-refractivity contribution in [3.63, 3.8) is 0 Å². The van der Waals surface area contributed by atoms with E-state index in [0.29, 0.717) is 6.04 Å². The van der Waals surface area contributed by atoms with Crippen LogP contribution >= 0.6 is 0 Å². The largest absolute Gasteiger partial charge is 0.337 e. The minimum absolute atomic E-state index is 0.0302. The van der Waals surface area contributed by atoms with Gasteiger partial charge >= 0.3 is 0 Å². The van der Waals surface area contributed by atoms with Crippen LogP contribution in [0.15, 0.2) is 72.8 Å². The molecule has 4 aliphatic carbocycles. The highest BCUT2D eigenvalue weighted by Gasteiger charge is 2.45. The maximum absolute atomic E-state index is 2.81. The van der Waals surface area contributed by atoms with Crippen molar-refractivity contribution in [3.05, 3.63) is 95.1 Å². The van der Waals surface area contributed by atoms with Crippen LogP contribution in [0.1, 0.15) is 81.7 Å². The molecule has 1 aromatic heterocycles. The zero-order valence-electron chi connectivity index (χ0n) is 22.9. The van der Waals surface area contributed by atoms with Gasteiger partial charge in [0.2, 0.25) is 0 Å². The van der Waals surface area contributed by atoms with Crippen molar-refractivity contribution in [1.29, 1.82) is 0 Å². The van der Waals surface area contributed by atoms with Gasteiger partial charge in [-0.05, 0) is 94.2 Å². The van der Waals surface area contributed by atoms with Crippen LogP contribution in [0, 0.1) is 11.8 Å². The number of hydrogen-bond acceptors (Lipinski definition) is 0. The van der Waals surface area contributed by atoms with Gasteiger partial charge in [0.1, 0.15) is 0 Å². The summed E-state index contributed by atoms with van der Waals surface area (Å²) in [5.41, 5.74) is 14.6. The van der Waals surface area contributed by atoms with Crippen molar-refractivity contribution < 1.29 is 0 Å². The second kappa shape index (κ2) is 6.81. The van der Waals surface area contributed by atoms with Gasteiger partial charge in [-0.2, -0.15) is 0 Å². The zero-order valence-corrected chi connectivity index (χ0v) is 22.9. The van der Waals surface area contributed by atoms with E-state index >= 15 is 0 Å². The summed E-state index contributed by atoms with van der Waals surface area (Å²) in [5.74, 6) is 1.88. The van der Waals surface area contributed by atoms with E-state index in [1.54, 1.807) is 11.1 Å². The highest BCUT2D eigenvalue weighted by molar-refractivity contribution is 6.17. The minimum Gasteiger partial charge on any atom is -0.337 e. The molecule has 9 rings (SSSR count). The number of nitrogens with zero attached hydrogens (tertiary/aromatic N) is 1. The van der Waals surface area contributed by atoms with Gasteiger partial charge < -0.3 is 4.57 Å². The fraction of sp³-hybridized carbons (Fsp3) is 0.351. The van der Waals surface area contributed by atoms with E-state index in [2.05, 4.69) is 105 Å². The standard InChI is InChI=1S/C37H35N/c1-36(2)28-11-7-5-9-24(28)26-15-17-30-32(34(26)36)33-31(38(30)23-19-21-13-14-22(21)20-23)18-16-27-25-10-6-8-12-29(25)37(3,4)35(27)33/h5-12,15-18,21-23H,13-14,19-20H2,1-4H3/t21-,22?,23?/m1/s1. The van der Waals surface area contributed by atoms with Crippen molar-refractivity contribution in [2.45, 2.75) is 70.3 Å². The van der Waals surface area contributed by atoms with E-state index in [9.17, 15) is 0 Å². The Morgan fingerprint density at radius 3 is 1.45 bits per heavy atom. The molecule has 0 N–H and O–H groups in total. The van der Waals surface area contributed by atoms with Crippen LogP contribution in [0.25, 0.3) is 44.1 Å². The Balaban J connectivity index is 1.46. The van der Waals surface area contributed by atoms with Gasteiger partial charge in [-0.25, -0.2) is 0 Å². The number of hydrogen-bond donors (Lipinski definition) is 0. The first kappa shape index (κ1) is 21.6. The Labute approximate surface area is 225 Å². The molecule has 188 valence electrons. The van der Waals surface area contributed by atoms with Crippen LogP contribution in [-0.2, 0) is 10.8 Å². The number of benzene rings is 4. The fourth-order valence-corrected chi connectivity index (χ4v) is 9.42. The molecule has 5 aromatic rings. The third kappa shape index (κ3) is 2.37. The maximum atomic E-state index is 2.81. The van der Waals surface area contributed by atoms with Crippen LogP contribution in [0.3, 0.4) is 0 Å². The molecule has 0 radical (unpaired) electrons. The van der Waals surface area contributed by atoms with Gasteiger partial charge in [0.25, 0.3) is 0 Å². The third-order valence-corrected chi connectivity index (χ3v) is 11.3. The second-order valence-corrected chi connectivity index (χ2v) is 13.7. The van der Waals surface area contributed by atoms with E-state index in [1.165, 1.54) is 80.9 Å². The monoisotopic (exact) mass is 493 g/mol. The third-order valence-electron chi connectivity index (χ3n) is 11.3. The Kier molecular flexibility index (Phi) is 3.87. The van der Waals surface area contributed by atoms with Crippen molar-refractivity contribution in [3.8, 4) is 22.3 Å². The van der Waals surface area contributed by atoms with Crippen molar-refractivity contribution in [1.82, 2.24) is 4.57 Å². The van der Waals surface area contributed by atoms with Gasteiger partial charge in [-0.15, -0.1) is 0 Å². The van der Waals surface area contributed by atoms with E-state index in [1.807, 2.05) is 0 Å². The molecule has 0 aliphatic heterocycles. The lowest BCUT2D eigenvalue weighted by Crippen LogP contribution is -2.18. The Hall–Kier alpha value is -3.32. The van der Waals surface area contributed by atoms with Crippen LogP contribution < -0.4 is 0 Å². The first-order chi connectivity index (χ1) is 18.4. The molecule has 38 heavy (non-hydrogen) atoms. The van der Waals surface area contributed by atoms with Gasteiger partial charge in [0.05, 0.1) is 0 Å². The van der Waals surface area contributed by atoms with Gasteiger partial charge in [-0.1, -0.05) is 88.4 Å². The molecule has 2 fully saturated rings. The van der Waals surface area contributed by atoms with E-state index in [4.69, 9.17) is 0 Å². The van der Waals surface area contributed by atoms with Crippen molar-refractivity contribution in [2.75, 3.05) is 0 Å². The summed E-state index contributed by atoms with van der Waals surface area (Å²) in [6, 6.07) is 28.7. The van der Waals surface area contributed by atoms with Crippen LogP contribution in [0.4, 0.5) is 0 Å². The molecule has 1 heterocycles. The molecule has 0 amide bonds. The van der Waals surface area contributed by atoms with Crippen LogP contribution in [-0.4, -0.2) is 4.57 Å². The molecule has 1 heteroatoms. The molecule has 0 saturated heterocycles. The molecule has 3 atom stereocenters. The molecule has 4 aromatic carbocycles. The summed E-state index contributed by atoms with van der Waals surface area (Å²) in [6.45, 7) is 9.83. The highest BCUT2D eigenvalue weighted by Crippen LogP contribution is 2.59. The molecular weight excluding hydrogens is 458 g/mol. The Bertz CT molecular complexity index is 1710. The first-order valence-corrected chi connectivity index (χ1v) is 14.7. The van der Waals surface area contributed by atoms with Crippen LogP contribution in [0.5, 0.6) is 0 Å². The molecule has 2 saturated carbocycles. The summed E-state index contributed by atoms with van der Waals surface area (Å²) >= 11 is 0. The smallest absolute Gasteiger partial charge is 0.0497 e. The lowest BCUT2D eigenvalue weighted by atomic mass is 9.77. The average molecular weight is 494 g/mol. The lowest BCUT2D eigenvalue weighted by molar-refractivity contribution is 0.219. The second-order valence-electron chi connectivity index (χ2n) is 13.7. The summed E-state index contributed by atoms with van der Waals surface area (Å²) < 4.78 is 2.81. The van der Waals surface area contributed by atoms with Gasteiger partial charge in [-0.3, -0.25) is 0 Å². The predicted octanol–water partition coefficient (Wildman–Crippen LogP) is 9.77. The molecule has 0 spiro atoms. The zero-order chi connectivity index (χ0) is 25.6. The first-order valence-electron chi connectivity index (χ1n) is 14.7.